The van der Waals surface area contributed by atoms with Crippen molar-refractivity contribution in [2.24, 2.45) is 20.5 Å². The molecule has 0 bridgehead atoms. The second-order valence-corrected chi connectivity index (χ2v) is 14.5. The molecule has 1 N–H and O–H groups in total. The number of benzene rings is 6. The molecule has 0 saturated carbocycles. The predicted molar refractivity (Wildman–Crippen MR) is 176 cm³/mol. The molecule has 248 valence electrons. The molecule has 0 atom stereocenters. The van der Waals surface area contributed by atoms with E-state index in [4.69, 9.17) is 0 Å². The van der Waals surface area contributed by atoms with Crippen molar-refractivity contribution in [2.45, 2.75) is 14.7 Å². The van der Waals surface area contributed by atoms with Gasteiger partial charge in [0.05, 0.1) is 37.4 Å². The third-order valence-corrected chi connectivity index (χ3v) is 9.76. The molecule has 52 heavy (non-hydrogen) atoms. The Morgan fingerprint density at radius 2 is 1.00 bits per heavy atom. The predicted octanol–water partition coefficient (Wildman–Crippen LogP) is -1.71. The first-order valence-electron chi connectivity index (χ1n) is 13.9. The third-order valence-electron chi connectivity index (χ3n) is 7.20. The van der Waals surface area contributed by atoms with Gasteiger partial charge < -0.3 is 19.0 Å². The molecule has 0 radical (unpaired) electrons. The van der Waals surface area contributed by atoms with Gasteiger partial charge >= 0.3 is 88.7 Å². The SMILES string of the molecule is O=S(=O)([O-])c1ccc(N=Nc2ccc(N=Nc3ccc(Nc4ccccc4)c4c(S(=O)(=O)[O-])cccc34)c3ccc(S(=O)(=O)[O-])cc23)cc1.[Na+].[Na+].[Na+]. The maximum atomic E-state index is 12.3. The Morgan fingerprint density at radius 1 is 0.462 bits per heavy atom. The maximum Gasteiger partial charge on any atom is 1.00 e. The van der Waals surface area contributed by atoms with Gasteiger partial charge in [-0.25, -0.2) is 25.3 Å². The molecule has 0 aliphatic heterocycles. The van der Waals surface area contributed by atoms with Gasteiger partial charge in [-0.1, -0.05) is 36.4 Å². The minimum atomic E-state index is -4.91. The molecular weight excluding hydrogens is 764 g/mol. The number of para-hydroxylation sites is 1. The van der Waals surface area contributed by atoms with Gasteiger partial charge in [0, 0.05) is 32.9 Å². The van der Waals surface area contributed by atoms with Crippen LogP contribution >= 0.6 is 0 Å². The fourth-order valence-electron chi connectivity index (χ4n) is 4.96. The van der Waals surface area contributed by atoms with Gasteiger partial charge in [-0.15, -0.1) is 15.3 Å². The summed E-state index contributed by atoms with van der Waals surface area (Å²) in [7, 11) is -14.5. The van der Waals surface area contributed by atoms with E-state index in [9.17, 15) is 38.9 Å². The van der Waals surface area contributed by atoms with Crippen molar-refractivity contribution in [3.05, 3.63) is 115 Å². The molecule has 6 aromatic carbocycles. The van der Waals surface area contributed by atoms with Crippen LogP contribution in [-0.4, -0.2) is 38.9 Å². The molecule has 0 aromatic heterocycles. The fraction of sp³-hybridized carbons (Fsp3) is 0. The zero-order valence-corrected chi connectivity index (χ0v) is 36.1. The van der Waals surface area contributed by atoms with E-state index in [2.05, 4.69) is 25.8 Å². The number of hydrogen-bond donors (Lipinski definition) is 1. The Balaban J connectivity index is 0.00000243. The number of azo groups is 2. The summed E-state index contributed by atoms with van der Waals surface area (Å²) >= 11 is 0. The average Bonchev–Trinajstić information content (AvgIpc) is 3.06. The average molecular weight is 784 g/mol. The van der Waals surface area contributed by atoms with E-state index >= 15 is 0 Å². The van der Waals surface area contributed by atoms with E-state index in [0.29, 0.717) is 22.1 Å². The van der Waals surface area contributed by atoms with E-state index in [0.717, 1.165) is 24.3 Å². The van der Waals surface area contributed by atoms with Crippen molar-refractivity contribution in [1.29, 1.82) is 0 Å². The molecule has 0 unspecified atom stereocenters. The molecule has 6 rings (SSSR count). The minimum Gasteiger partial charge on any atom is -0.744 e. The van der Waals surface area contributed by atoms with Crippen molar-refractivity contribution >= 4 is 86.0 Å². The Labute approximate surface area is 365 Å². The molecule has 0 amide bonds. The van der Waals surface area contributed by atoms with E-state index in [1.165, 1.54) is 42.5 Å². The number of anilines is 2. The van der Waals surface area contributed by atoms with Crippen molar-refractivity contribution in [2.75, 3.05) is 5.32 Å². The van der Waals surface area contributed by atoms with Crippen molar-refractivity contribution in [1.82, 2.24) is 0 Å². The Hall–Kier alpha value is -2.43. The van der Waals surface area contributed by atoms with Gasteiger partial charge in [0.25, 0.3) is 0 Å². The summed E-state index contributed by atoms with van der Waals surface area (Å²) < 4.78 is 106. The van der Waals surface area contributed by atoms with Crippen LogP contribution in [0.4, 0.5) is 34.1 Å². The number of nitrogens with one attached hydrogen (secondary N) is 1. The Morgan fingerprint density at radius 3 is 1.60 bits per heavy atom. The number of hydrogen-bond acceptors (Lipinski definition) is 14. The van der Waals surface area contributed by atoms with Crippen LogP contribution in [0, 0.1) is 0 Å². The summed E-state index contributed by atoms with van der Waals surface area (Å²) in [6, 6.07) is 27.3. The largest absolute Gasteiger partial charge is 1.00 e. The molecule has 0 fully saturated rings. The maximum absolute atomic E-state index is 12.3. The number of rotatable bonds is 9. The third kappa shape index (κ3) is 10.2. The normalized spacial score (nSPS) is 12.0. The van der Waals surface area contributed by atoms with Crippen LogP contribution in [0.1, 0.15) is 0 Å². The second-order valence-electron chi connectivity index (χ2n) is 10.4. The zero-order chi connectivity index (χ0) is 35.0. The van der Waals surface area contributed by atoms with E-state index in [-0.39, 0.29) is 122 Å². The van der Waals surface area contributed by atoms with E-state index < -0.39 is 45.0 Å². The molecule has 20 heteroatoms. The summed E-state index contributed by atoms with van der Waals surface area (Å²) in [6.07, 6.45) is 0. The zero-order valence-electron chi connectivity index (χ0n) is 27.7. The molecule has 6 aromatic rings. The second kappa shape index (κ2) is 17.8. The summed E-state index contributed by atoms with van der Waals surface area (Å²) in [5.41, 5.74) is 1.69. The van der Waals surface area contributed by atoms with Gasteiger partial charge in [0.2, 0.25) is 0 Å². The minimum absolute atomic E-state index is 0. The fourth-order valence-corrected chi connectivity index (χ4v) is 6.64. The molecular formula is C32H20N5Na3O9S3. The van der Waals surface area contributed by atoms with Crippen LogP contribution < -0.4 is 94.0 Å². The van der Waals surface area contributed by atoms with Crippen molar-refractivity contribution < 1.29 is 128 Å². The molecule has 0 heterocycles. The van der Waals surface area contributed by atoms with Gasteiger partial charge in [0.15, 0.2) is 0 Å². The van der Waals surface area contributed by atoms with Gasteiger partial charge in [-0.2, -0.15) is 5.11 Å². The van der Waals surface area contributed by atoms with Crippen molar-refractivity contribution in [3.63, 3.8) is 0 Å². The van der Waals surface area contributed by atoms with Crippen LogP contribution in [0.25, 0.3) is 21.5 Å². The summed E-state index contributed by atoms with van der Waals surface area (Å²) in [4.78, 5) is -1.47. The summed E-state index contributed by atoms with van der Waals surface area (Å²) in [5.74, 6) is 0. The monoisotopic (exact) mass is 783 g/mol. The standard InChI is InChI=1S/C32H23N5O9S3.3Na/c38-47(39,40)22-11-9-21(10-12-22)34-35-29-16-15-27(24-14-13-23(19-26(24)29)48(41,42)43)36-37-28-17-18-30(33-20-5-2-1-3-6-20)32-25(28)7-4-8-31(32)49(44,45)46;;;/h1-19,33H,(H,38,39,40)(H,41,42,43)(H,44,45,46);;;/q;3*+1/p-3. The Bertz CT molecular complexity index is 2670. The van der Waals surface area contributed by atoms with Gasteiger partial charge in [-0.3, -0.25) is 0 Å². The quantitative estimate of drug-likeness (QED) is 0.0991. The van der Waals surface area contributed by atoms with Crippen LogP contribution in [0.2, 0.25) is 0 Å². The van der Waals surface area contributed by atoms with Crippen LogP contribution in [-0.2, 0) is 30.4 Å². The molecule has 0 aliphatic carbocycles. The van der Waals surface area contributed by atoms with E-state index in [1.54, 1.807) is 42.5 Å². The van der Waals surface area contributed by atoms with Crippen LogP contribution in [0.15, 0.2) is 150 Å². The number of fused-ring (bicyclic) bond motifs is 2. The van der Waals surface area contributed by atoms with Gasteiger partial charge in [0.1, 0.15) is 30.4 Å². The van der Waals surface area contributed by atoms with Crippen LogP contribution in [0.3, 0.4) is 0 Å². The van der Waals surface area contributed by atoms with Crippen molar-refractivity contribution in [3.8, 4) is 0 Å². The molecule has 0 spiro atoms. The first kappa shape index (κ1) is 44.0. The Kier molecular flexibility index (Phi) is 15.1. The smallest absolute Gasteiger partial charge is 0.744 e. The van der Waals surface area contributed by atoms with E-state index in [1.807, 2.05) is 6.07 Å². The summed E-state index contributed by atoms with van der Waals surface area (Å²) in [5, 5.41) is 20.8. The molecule has 0 saturated heterocycles. The first-order chi connectivity index (χ1) is 23.2. The molecule has 14 nitrogen and oxygen atoms in total. The first-order valence-corrected chi connectivity index (χ1v) is 18.2. The number of nitrogens with zero attached hydrogens (tertiary/aromatic N) is 4. The topological polar surface area (TPSA) is 233 Å². The summed E-state index contributed by atoms with van der Waals surface area (Å²) in [6.45, 7) is 0. The van der Waals surface area contributed by atoms with Gasteiger partial charge in [-0.05, 0) is 78.9 Å². The van der Waals surface area contributed by atoms with Crippen LogP contribution in [0.5, 0.6) is 0 Å². The molecule has 0 aliphatic rings.